The standard InChI is InChI=1S/C14H9N3O3S/c18-13(9-7-21-10-4-2-1-3-8(9)10)17-12-11(14(19)20)15-5-6-16-12/h1-7H,(H,19,20)(H,16,17,18). The highest BCUT2D eigenvalue weighted by atomic mass is 32.1. The summed E-state index contributed by atoms with van der Waals surface area (Å²) in [6, 6.07) is 7.50. The predicted molar refractivity (Wildman–Crippen MR) is 78.8 cm³/mol. The maximum Gasteiger partial charge on any atom is 0.358 e. The van der Waals surface area contributed by atoms with E-state index in [1.807, 2.05) is 24.3 Å². The minimum absolute atomic E-state index is 0.0646. The first-order chi connectivity index (χ1) is 10.2. The molecular formula is C14H9N3O3S. The van der Waals surface area contributed by atoms with Crippen molar-refractivity contribution in [2.24, 2.45) is 0 Å². The second-order valence-corrected chi connectivity index (χ2v) is 5.07. The van der Waals surface area contributed by atoms with E-state index in [4.69, 9.17) is 5.11 Å². The van der Waals surface area contributed by atoms with Crippen LogP contribution in [0.3, 0.4) is 0 Å². The minimum Gasteiger partial charge on any atom is -0.476 e. The SMILES string of the molecule is O=C(O)c1nccnc1NC(=O)c1csc2ccccc12. The molecule has 0 fully saturated rings. The Morgan fingerprint density at radius 3 is 2.71 bits per heavy atom. The van der Waals surface area contributed by atoms with Gasteiger partial charge in [-0.2, -0.15) is 0 Å². The fourth-order valence-corrected chi connectivity index (χ4v) is 2.86. The van der Waals surface area contributed by atoms with Gasteiger partial charge in [-0.1, -0.05) is 18.2 Å². The summed E-state index contributed by atoms with van der Waals surface area (Å²) in [5.74, 6) is -1.71. The first kappa shape index (κ1) is 13.2. The van der Waals surface area contributed by atoms with Gasteiger partial charge >= 0.3 is 5.97 Å². The molecule has 0 radical (unpaired) electrons. The Morgan fingerprint density at radius 2 is 1.90 bits per heavy atom. The molecule has 0 aliphatic carbocycles. The molecule has 0 bridgehead atoms. The molecule has 2 N–H and O–H groups in total. The number of thiophene rings is 1. The number of amides is 1. The largest absolute Gasteiger partial charge is 0.476 e. The van der Waals surface area contributed by atoms with Crippen LogP contribution < -0.4 is 5.32 Å². The highest BCUT2D eigenvalue weighted by Gasteiger charge is 2.17. The first-order valence-corrected chi connectivity index (χ1v) is 6.86. The zero-order chi connectivity index (χ0) is 14.8. The number of aromatic carboxylic acids is 1. The van der Waals surface area contributed by atoms with Gasteiger partial charge < -0.3 is 10.4 Å². The molecule has 0 aliphatic rings. The summed E-state index contributed by atoms with van der Waals surface area (Å²) in [4.78, 5) is 30.9. The van der Waals surface area contributed by atoms with Gasteiger partial charge in [0, 0.05) is 27.9 Å². The van der Waals surface area contributed by atoms with Gasteiger partial charge in [0.15, 0.2) is 11.5 Å². The summed E-state index contributed by atoms with van der Waals surface area (Å²) in [5.41, 5.74) is 0.197. The van der Waals surface area contributed by atoms with Crippen molar-refractivity contribution in [1.29, 1.82) is 0 Å². The minimum atomic E-state index is -1.24. The van der Waals surface area contributed by atoms with Crippen LogP contribution in [0.4, 0.5) is 5.82 Å². The summed E-state index contributed by atoms with van der Waals surface area (Å²) in [5, 5.41) is 14.1. The Morgan fingerprint density at radius 1 is 1.14 bits per heavy atom. The Hall–Kier alpha value is -2.80. The topological polar surface area (TPSA) is 92.2 Å². The van der Waals surface area contributed by atoms with Gasteiger partial charge in [0.05, 0.1) is 5.56 Å². The van der Waals surface area contributed by atoms with E-state index in [1.165, 1.54) is 23.7 Å². The number of carboxylic acid groups (broad SMARTS) is 1. The van der Waals surface area contributed by atoms with Crippen molar-refractivity contribution in [1.82, 2.24) is 9.97 Å². The van der Waals surface area contributed by atoms with Crippen LogP contribution in [-0.2, 0) is 0 Å². The number of benzene rings is 1. The van der Waals surface area contributed by atoms with Crippen LogP contribution >= 0.6 is 11.3 Å². The number of fused-ring (bicyclic) bond motifs is 1. The van der Waals surface area contributed by atoms with Crippen LogP contribution in [0.25, 0.3) is 10.1 Å². The molecule has 0 aliphatic heterocycles. The van der Waals surface area contributed by atoms with Crippen molar-refractivity contribution in [2.75, 3.05) is 5.32 Å². The summed E-state index contributed by atoms with van der Waals surface area (Å²) in [6.45, 7) is 0. The molecule has 0 saturated heterocycles. The number of anilines is 1. The molecule has 21 heavy (non-hydrogen) atoms. The molecule has 0 spiro atoms. The number of hydrogen-bond acceptors (Lipinski definition) is 5. The maximum absolute atomic E-state index is 12.3. The van der Waals surface area contributed by atoms with Crippen LogP contribution in [-0.4, -0.2) is 27.0 Å². The highest BCUT2D eigenvalue weighted by Crippen LogP contribution is 2.26. The quantitative estimate of drug-likeness (QED) is 0.775. The number of nitrogens with zero attached hydrogens (tertiary/aromatic N) is 2. The maximum atomic E-state index is 12.3. The molecule has 6 nitrogen and oxygen atoms in total. The summed E-state index contributed by atoms with van der Waals surface area (Å²) >= 11 is 1.45. The van der Waals surface area contributed by atoms with Crippen LogP contribution in [0.1, 0.15) is 20.8 Å². The Bertz CT molecular complexity index is 844. The highest BCUT2D eigenvalue weighted by molar-refractivity contribution is 7.17. The van der Waals surface area contributed by atoms with Gasteiger partial charge in [0.2, 0.25) is 0 Å². The molecule has 104 valence electrons. The molecule has 2 aromatic heterocycles. The van der Waals surface area contributed by atoms with E-state index in [0.29, 0.717) is 5.56 Å². The molecule has 3 aromatic rings. The molecule has 7 heteroatoms. The van der Waals surface area contributed by atoms with E-state index in [1.54, 1.807) is 5.38 Å². The van der Waals surface area contributed by atoms with Gasteiger partial charge in [-0.15, -0.1) is 11.3 Å². The van der Waals surface area contributed by atoms with Crippen molar-refractivity contribution in [3.63, 3.8) is 0 Å². The lowest BCUT2D eigenvalue weighted by Gasteiger charge is -2.05. The second kappa shape index (κ2) is 5.29. The van der Waals surface area contributed by atoms with Crippen LogP contribution in [0, 0.1) is 0 Å². The number of aromatic nitrogens is 2. The summed E-state index contributed by atoms with van der Waals surface area (Å²) in [7, 11) is 0. The third-order valence-electron chi connectivity index (χ3n) is 2.86. The lowest BCUT2D eigenvalue weighted by molar-refractivity contribution is 0.0691. The number of carbonyl (C=O) groups is 2. The fourth-order valence-electron chi connectivity index (χ4n) is 1.91. The smallest absolute Gasteiger partial charge is 0.358 e. The number of carbonyl (C=O) groups excluding carboxylic acids is 1. The van der Waals surface area contributed by atoms with E-state index in [0.717, 1.165) is 10.1 Å². The second-order valence-electron chi connectivity index (χ2n) is 4.16. The Kier molecular flexibility index (Phi) is 3.33. The Balaban J connectivity index is 1.96. The third-order valence-corrected chi connectivity index (χ3v) is 3.82. The van der Waals surface area contributed by atoms with E-state index in [-0.39, 0.29) is 11.5 Å². The summed E-state index contributed by atoms with van der Waals surface area (Å²) < 4.78 is 0.986. The number of nitrogens with one attached hydrogen (secondary N) is 1. The third kappa shape index (κ3) is 2.46. The van der Waals surface area contributed by atoms with Gasteiger partial charge in [0.1, 0.15) is 0 Å². The van der Waals surface area contributed by atoms with Crippen molar-refractivity contribution < 1.29 is 14.7 Å². The molecule has 1 amide bonds. The van der Waals surface area contributed by atoms with Crippen molar-refractivity contribution in [2.45, 2.75) is 0 Å². The monoisotopic (exact) mass is 299 g/mol. The molecule has 0 atom stereocenters. The lowest BCUT2D eigenvalue weighted by atomic mass is 10.1. The molecule has 2 heterocycles. The average molecular weight is 299 g/mol. The number of rotatable bonds is 3. The number of carboxylic acids is 1. The normalized spacial score (nSPS) is 10.5. The van der Waals surface area contributed by atoms with E-state index >= 15 is 0 Å². The molecule has 0 unspecified atom stereocenters. The van der Waals surface area contributed by atoms with Gasteiger partial charge in [-0.25, -0.2) is 14.8 Å². The van der Waals surface area contributed by atoms with Gasteiger partial charge in [0.25, 0.3) is 5.91 Å². The van der Waals surface area contributed by atoms with Gasteiger partial charge in [-0.05, 0) is 6.07 Å². The molecule has 3 rings (SSSR count). The van der Waals surface area contributed by atoms with Crippen LogP contribution in [0.2, 0.25) is 0 Å². The van der Waals surface area contributed by atoms with Crippen LogP contribution in [0.15, 0.2) is 42.0 Å². The summed E-state index contributed by atoms with van der Waals surface area (Å²) in [6.07, 6.45) is 2.59. The van der Waals surface area contributed by atoms with E-state index in [9.17, 15) is 9.59 Å². The molecule has 0 saturated carbocycles. The Labute approximate surface area is 123 Å². The van der Waals surface area contributed by atoms with Crippen molar-refractivity contribution >= 4 is 39.1 Å². The fraction of sp³-hybridized carbons (Fsp3) is 0. The zero-order valence-corrected chi connectivity index (χ0v) is 11.4. The molecular weight excluding hydrogens is 290 g/mol. The van der Waals surface area contributed by atoms with Crippen molar-refractivity contribution in [3.05, 3.63) is 53.3 Å². The number of hydrogen-bond donors (Lipinski definition) is 2. The first-order valence-electron chi connectivity index (χ1n) is 5.98. The van der Waals surface area contributed by atoms with Gasteiger partial charge in [-0.3, -0.25) is 4.79 Å². The van der Waals surface area contributed by atoms with Crippen LogP contribution in [0.5, 0.6) is 0 Å². The van der Waals surface area contributed by atoms with E-state index < -0.39 is 11.9 Å². The van der Waals surface area contributed by atoms with E-state index in [2.05, 4.69) is 15.3 Å². The van der Waals surface area contributed by atoms with Crippen molar-refractivity contribution in [3.8, 4) is 0 Å². The zero-order valence-electron chi connectivity index (χ0n) is 10.6. The molecule has 1 aromatic carbocycles. The average Bonchev–Trinajstić information content (AvgIpc) is 2.91. The lowest BCUT2D eigenvalue weighted by Crippen LogP contribution is -2.16. The predicted octanol–water partition coefficient (Wildman–Crippen LogP) is 2.64.